The number of hydrogen-bond acceptors (Lipinski definition) is 5. The zero-order chi connectivity index (χ0) is 12.4. The predicted octanol–water partition coefficient (Wildman–Crippen LogP) is 0.842. The van der Waals surface area contributed by atoms with Gasteiger partial charge >= 0.3 is 0 Å². The van der Waals surface area contributed by atoms with E-state index in [1.54, 1.807) is 0 Å². The third kappa shape index (κ3) is 2.43. The summed E-state index contributed by atoms with van der Waals surface area (Å²) in [7, 11) is 0. The van der Waals surface area contributed by atoms with Crippen LogP contribution in [0, 0.1) is 0 Å². The van der Waals surface area contributed by atoms with Gasteiger partial charge < -0.3 is 10.6 Å². The van der Waals surface area contributed by atoms with Crippen LogP contribution in [0.4, 0.5) is 11.9 Å². The highest BCUT2D eigenvalue weighted by Crippen LogP contribution is 2.24. The van der Waals surface area contributed by atoms with E-state index in [2.05, 4.69) is 25.0 Å². The topological polar surface area (TPSA) is 74.1 Å². The van der Waals surface area contributed by atoms with E-state index in [9.17, 15) is 0 Å². The van der Waals surface area contributed by atoms with Gasteiger partial charge in [0.15, 0.2) is 0 Å². The maximum Gasteiger partial charge on any atom is 0.246 e. The van der Waals surface area contributed by atoms with Gasteiger partial charge in [-0.25, -0.2) is 5.10 Å². The number of rotatable bonds is 2. The van der Waals surface area contributed by atoms with Crippen molar-refractivity contribution >= 4 is 11.9 Å². The molecule has 3 N–H and O–H groups in total. The smallest absolute Gasteiger partial charge is 0.246 e. The third-order valence-electron chi connectivity index (χ3n) is 4.18. The molecule has 0 spiro atoms. The molecular formula is C12H22N6. The highest BCUT2D eigenvalue weighted by atomic mass is 15.4. The van der Waals surface area contributed by atoms with Gasteiger partial charge in [0.05, 0.1) is 0 Å². The van der Waals surface area contributed by atoms with E-state index in [0.717, 1.165) is 38.2 Å². The number of nitrogens with one attached hydrogen (secondary N) is 1. The van der Waals surface area contributed by atoms with E-state index in [0.29, 0.717) is 5.95 Å². The lowest BCUT2D eigenvalue weighted by atomic mass is 9.94. The summed E-state index contributed by atoms with van der Waals surface area (Å²) in [5.74, 6) is 1.15. The largest absolute Gasteiger partial charge is 0.368 e. The number of nitrogens with two attached hydrogens (primary N) is 1. The molecule has 2 aliphatic rings. The first-order valence-corrected chi connectivity index (χ1v) is 7.00. The van der Waals surface area contributed by atoms with Crippen molar-refractivity contribution in [1.82, 2.24) is 20.1 Å². The quantitative estimate of drug-likeness (QED) is 0.813. The summed E-state index contributed by atoms with van der Waals surface area (Å²) in [4.78, 5) is 9.05. The van der Waals surface area contributed by atoms with E-state index in [-0.39, 0.29) is 0 Å². The van der Waals surface area contributed by atoms with Gasteiger partial charge in [0, 0.05) is 32.2 Å². The SMILES string of the molecule is Nc1nc(N2CCN(C3CCCCC3)CC2)n[nH]1. The molecule has 0 atom stereocenters. The zero-order valence-electron chi connectivity index (χ0n) is 10.8. The molecule has 1 saturated heterocycles. The van der Waals surface area contributed by atoms with E-state index >= 15 is 0 Å². The van der Waals surface area contributed by atoms with Crippen LogP contribution in [0.2, 0.25) is 0 Å². The monoisotopic (exact) mass is 250 g/mol. The highest BCUT2D eigenvalue weighted by Gasteiger charge is 2.26. The van der Waals surface area contributed by atoms with Crippen LogP contribution in [0.5, 0.6) is 0 Å². The van der Waals surface area contributed by atoms with Gasteiger partial charge in [-0.3, -0.25) is 4.90 Å². The average Bonchev–Trinajstić information content (AvgIpc) is 2.87. The predicted molar refractivity (Wildman–Crippen MR) is 71.5 cm³/mol. The lowest BCUT2D eigenvalue weighted by Crippen LogP contribution is -2.51. The Bertz CT molecular complexity index is 376. The summed E-state index contributed by atoms with van der Waals surface area (Å²) in [5, 5.41) is 6.83. The molecule has 1 saturated carbocycles. The Kier molecular flexibility index (Phi) is 3.36. The molecule has 0 bridgehead atoms. The van der Waals surface area contributed by atoms with Crippen LogP contribution in [0.3, 0.4) is 0 Å². The molecule has 100 valence electrons. The first kappa shape index (κ1) is 11.8. The number of hydrogen-bond donors (Lipinski definition) is 2. The van der Waals surface area contributed by atoms with Crippen LogP contribution >= 0.6 is 0 Å². The molecule has 0 unspecified atom stereocenters. The molecule has 1 aromatic rings. The molecule has 18 heavy (non-hydrogen) atoms. The molecule has 0 amide bonds. The fraction of sp³-hybridized carbons (Fsp3) is 0.833. The van der Waals surface area contributed by atoms with E-state index in [1.165, 1.54) is 32.1 Å². The standard InChI is InChI=1S/C12H22N6/c13-11-14-12(16-15-11)18-8-6-17(7-9-18)10-4-2-1-3-5-10/h10H,1-9H2,(H3,13,14,15,16). The van der Waals surface area contributed by atoms with Crippen LogP contribution < -0.4 is 10.6 Å². The normalized spacial score (nSPS) is 23.4. The minimum atomic E-state index is 0.403. The molecule has 0 aromatic carbocycles. The van der Waals surface area contributed by atoms with Gasteiger partial charge in [-0.15, -0.1) is 5.10 Å². The second-order valence-electron chi connectivity index (χ2n) is 5.34. The van der Waals surface area contributed by atoms with Crippen LogP contribution in [0.15, 0.2) is 0 Å². The summed E-state index contributed by atoms with van der Waals surface area (Å²) >= 11 is 0. The van der Waals surface area contributed by atoms with Crippen molar-refractivity contribution in [3.63, 3.8) is 0 Å². The fourth-order valence-corrected chi connectivity index (χ4v) is 3.14. The van der Waals surface area contributed by atoms with Crippen molar-refractivity contribution in [2.75, 3.05) is 36.8 Å². The van der Waals surface area contributed by atoms with Crippen LogP contribution in [-0.4, -0.2) is 52.3 Å². The number of anilines is 2. The van der Waals surface area contributed by atoms with Gasteiger partial charge in [-0.2, -0.15) is 4.98 Å². The zero-order valence-corrected chi connectivity index (χ0v) is 10.8. The Morgan fingerprint density at radius 3 is 2.39 bits per heavy atom. The molecule has 0 radical (unpaired) electrons. The highest BCUT2D eigenvalue weighted by molar-refractivity contribution is 5.34. The van der Waals surface area contributed by atoms with Gasteiger partial charge in [0.25, 0.3) is 0 Å². The summed E-state index contributed by atoms with van der Waals surface area (Å²) in [6.07, 6.45) is 7.00. The Hall–Kier alpha value is -1.30. The number of nitrogens with zero attached hydrogens (tertiary/aromatic N) is 4. The van der Waals surface area contributed by atoms with E-state index in [1.807, 2.05) is 0 Å². The van der Waals surface area contributed by atoms with Gasteiger partial charge in [0.2, 0.25) is 11.9 Å². The second-order valence-corrected chi connectivity index (χ2v) is 5.34. The van der Waals surface area contributed by atoms with Crippen molar-refractivity contribution in [3.8, 4) is 0 Å². The van der Waals surface area contributed by atoms with Crippen molar-refractivity contribution in [2.45, 2.75) is 38.1 Å². The number of H-pyrrole nitrogens is 1. The van der Waals surface area contributed by atoms with Crippen LogP contribution in [0.1, 0.15) is 32.1 Å². The molecule has 3 rings (SSSR count). The summed E-state index contributed by atoms with van der Waals surface area (Å²) in [6.45, 7) is 4.26. The second kappa shape index (κ2) is 5.14. The first-order chi connectivity index (χ1) is 8.83. The molecule has 1 aliphatic heterocycles. The van der Waals surface area contributed by atoms with Crippen molar-refractivity contribution in [1.29, 1.82) is 0 Å². The number of aromatic amines is 1. The maximum absolute atomic E-state index is 5.56. The Morgan fingerprint density at radius 2 is 1.78 bits per heavy atom. The van der Waals surface area contributed by atoms with Crippen molar-refractivity contribution in [2.24, 2.45) is 0 Å². The molecule has 2 heterocycles. The molecule has 6 nitrogen and oxygen atoms in total. The first-order valence-electron chi connectivity index (χ1n) is 7.00. The minimum Gasteiger partial charge on any atom is -0.368 e. The summed E-state index contributed by atoms with van der Waals surface area (Å²) in [6, 6.07) is 0.818. The van der Waals surface area contributed by atoms with Crippen LogP contribution in [-0.2, 0) is 0 Å². The average molecular weight is 250 g/mol. The Morgan fingerprint density at radius 1 is 1.06 bits per heavy atom. The van der Waals surface area contributed by atoms with E-state index in [4.69, 9.17) is 5.73 Å². The van der Waals surface area contributed by atoms with Crippen molar-refractivity contribution in [3.05, 3.63) is 0 Å². The lowest BCUT2D eigenvalue weighted by molar-refractivity contribution is 0.147. The minimum absolute atomic E-state index is 0.403. The van der Waals surface area contributed by atoms with E-state index < -0.39 is 0 Å². The Balaban J connectivity index is 1.54. The number of nitrogen functional groups attached to an aromatic ring is 1. The molecule has 1 aliphatic carbocycles. The van der Waals surface area contributed by atoms with Gasteiger partial charge in [0.1, 0.15) is 0 Å². The Labute approximate surface area is 108 Å². The molecule has 6 heteroatoms. The fourth-order valence-electron chi connectivity index (χ4n) is 3.14. The number of aromatic nitrogens is 3. The maximum atomic E-state index is 5.56. The summed E-state index contributed by atoms with van der Waals surface area (Å²) in [5.41, 5.74) is 5.56. The van der Waals surface area contributed by atoms with Crippen molar-refractivity contribution < 1.29 is 0 Å². The molecule has 1 aromatic heterocycles. The molecule has 2 fully saturated rings. The van der Waals surface area contributed by atoms with Gasteiger partial charge in [-0.05, 0) is 12.8 Å². The third-order valence-corrected chi connectivity index (χ3v) is 4.18. The lowest BCUT2D eigenvalue weighted by Gasteiger charge is -2.40. The summed E-state index contributed by atoms with van der Waals surface area (Å²) < 4.78 is 0. The van der Waals surface area contributed by atoms with Crippen LogP contribution in [0.25, 0.3) is 0 Å². The van der Waals surface area contributed by atoms with Gasteiger partial charge in [-0.1, -0.05) is 19.3 Å². The molecular weight excluding hydrogens is 228 g/mol. The number of piperazine rings is 1.